The third kappa shape index (κ3) is 4.04. The lowest BCUT2D eigenvalue weighted by Crippen LogP contribution is -2.03. The smallest absolute Gasteiger partial charge is 0.336 e. The molecule has 0 aliphatic heterocycles. The molecule has 2 aromatic carbocycles. The van der Waals surface area contributed by atoms with Gasteiger partial charge in [-0.25, -0.2) is 9.48 Å². The quantitative estimate of drug-likeness (QED) is 0.301. The van der Waals surface area contributed by atoms with Crippen LogP contribution in [0.15, 0.2) is 77.6 Å². The van der Waals surface area contributed by atoms with Crippen molar-refractivity contribution in [1.82, 2.24) is 19.9 Å². The number of hydrogen-bond acceptors (Lipinski definition) is 6. The Kier molecular flexibility index (Phi) is 4.79. The molecule has 2 aromatic heterocycles. The Labute approximate surface area is 160 Å². The van der Waals surface area contributed by atoms with Crippen LogP contribution < -0.4 is 4.74 Å². The maximum atomic E-state index is 12.0. The van der Waals surface area contributed by atoms with Gasteiger partial charge in [0.2, 0.25) is 11.7 Å². The number of nitrogens with zero attached hydrogens (tertiary/aromatic N) is 4. The predicted octanol–water partition coefficient (Wildman–Crippen LogP) is 3.85. The molecule has 0 bridgehead atoms. The van der Waals surface area contributed by atoms with Crippen LogP contribution in [0.3, 0.4) is 0 Å². The Morgan fingerprint density at radius 3 is 2.61 bits per heavy atom. The summed E-state index contributed by atoms with van der Waals surface area (Å²) in [4.78, 5) is 16.2. The maximum Gasteiger partial charge on any atom is 0.336 e. The zero-order chi connectivity index (χ0) is 19.3. The summed E-state index contributed by atoms with van der Waals surface area (Å²) < 4.78 is 12.0. The van der Waals surface area contributed by atoms with E-state index in [-0.39, 0.29) is 0 Å². The predicted molar refractivity (Wildman–Crippen MR) is 103 cm³/mol. The number of benzene rings is 2. The second kappa shape index (κ2) is 7.71. The summed E-state index contributed by atoms with van der Waals surface area (Å²) in [7, 11) is 0. The van der Waals surface area contributed by atoms with Gasteiger partial charge in [0.15, 0.2) is 0 Å². The van der Waals surface area contributed by atoms with E-state index in [0.717, 1.165) is 16.8 Å². The molecule has 0 aliphatic carbocycles. The zero-order valence-electron chi connectivity index (χ0n) is 15.0. The largest absolute Gasteiger partial charge is 0.423 e. The minimum absolute atomic E-state index is 0.429. The van der Waals surface area contributed by atoms with Gasteiger partial charge in [-0.2, -0.15) is 10.1 Å². The molecule has 0 atom stereocenters. The first-order valence-corrected chi connectivity index (χ1v) is 8.58. The molecule has 0 unspecified atom stereocenters. The van der Waals surface area contributed by atoms with Crippen molar-refractivity contribution in [1.29, 1.82) is 0 Å². The van der Waals surface area contributed by atoms with Crippen LogP contribution in [0.1, 0.15) is 11.5 Å². The number of ether oxygens (including phenoxy) is 1. The number of esters is 1. The number of rotatable bonds is 5. The van der Waals surface area contributed by atoms with E-state index < -0.39 is 5.97 Å². The van der Waals surface area contributed by atoms with Gasteiger partial charge in [0.05, 0.1) is 11.9 Å². The van der Waals surface area contributed by atoms with Crippen molar-refractivity contribution in [3.05, 3.63) is 84.5 Å². The average molecular weight is 372 g/mol. The van der Waals surface area contributed by atoms with Crippen molar-refractivity contribution in [2.75, 3.05) is 0 Å². The van der Waals surface area contributed by atoms with Gasteiger partial charge in [0.1, 0.15) is 5.75 Å². The van der Waals surface area contributed by atoms with E-state index in [4.69, 9.17) is 9.26 Å². The number of aryl methyl sites for hydroxylation is 1. The fourth-order valence-electron chi connectivity index (χ4n) is 2.55. The summed E-state index contributed by atoms with van der Waals surface area (Å²) in [6.45, 7) is 1.72. The molecule has 0 spiro atoms. The van der Waals surface area contributed by atoms with Crippen LogP contribution in [-0.4, -0.2) is 25.9 Å². The molecule has 0 radical (unpaired) electrons. The molecule has 0 amide bonds. The van der Waals surface area contributed by atoms with Gasteiger partial charge in [-0.3, -0.25) is 0 Å². The summed E-state index contributed by atoms with van der Waals surface area (Å²) in [5.41, 5.74) is 2.52. The molecule has 28 heavy (non-hydrogen) atoms. The number of hydrogen-bond donors (Lipinski definition) is 0. The van der Waals surface area contributed by atoms with E-state index >= 15 is 0 Å². The minimum atomic E-state index is -0.476. The fourth-order valence-corrected chi connectivity index (χ4v) is 2.55. The van der Waals surface area contributed by atoms with E-state index in [0.29, 0.717) is 17.5 Å². The highest BCUT2D eigenvalue weighted by Crippen LogP contribution is 2.20. The van der Waals surface area contributed by atoms with Crippen molar-refractivity contribution < 1.29 is 14.1 Å². The standard InChI is InChI=1S/C21H16N4O3/c1-15-23-21(24-28-15)17-8-10-19(11-9-17)27-20(26)12-7-16-13-22-25(14-16)18-5-3-2-4-6-18/h2-14H,1H3/b12-7+. The van der Waals surface area contributed by atoms with Gasteiger partial charge in [-0.05, 0) is 42.5 Å². The van der Waals surface area contributed by atoms with Crippen molar-refractivity contribution in [2.45, 2.75) is 6.92 Å². The Morgan fingerprint density at radius 1 is 1.11 bits per heavy atom. The number of para-hydroxylation sites is 1. The van der Waals surface area contributed by atoms with Crippen LogP contribution in [0.5, 0.6) is 5.75 Å². The monoisotopic (exact) mass is 372 g/mol. The highest BCUT2D eigenvalue weighted by atomic mass is 16.5. The molecule has 138 valence electrons. The van der Waals surface area contributed by atoms with Gasteiger partial charge in [0.25, 0.3) is 0 Å². The molecular weight excluding hydrogens is 356 g/mol. The first-order chi connectivity index (χ1) is 13.7. The Bertz CT molecular complexity index is 1110. The van der Waals surface area contributed by atoms with Gasteiger partial charge >= 0.3 is 5.97 Å². The van der Waals surface area contributed by atoms with Gasteiger partial charge in [-0.1, -0.05) is 23.4 Å². The molecule has 4 aromatic rings. The summed E-state index contributed by atoms with van der Waals surface area (Å²) >= 11 is 0. The highest BCUT2D eigenvalue weighted by Gasteiger charge is 2.07. The van der Waals surface area contributed by atoms with Crippen LogP contribution in [-0.2, 0) is 4.79 Å². The van der Waals surface area contributed by atoms with Crippen LogP contribution in [0.4, 0.5) is 0 Å². The molecule has 0 saturated carbocycles. The van der Waals surface area contributed by atoms with Crippen LogP contribution >= 0.6 is 0 Å². The van der Waals surface area contributed by atoms with Gasteiger partial charge < -0.3 is 9.26 Å². The minimum Gasteiger partial charge on any atom is -0.423 e. The second-order valence-electron chi connectivity index (χ2n) is 5.97. The van der Waals surface area contributed by atoms with Crippen molar-refractivity contribution in [2.24, 2.45) is 0 Å². The van der Waals surface area contributed by atoms with Crippen LogP contribution in [0.2, 0.25) is 0 Å². The molecule has 0 aliphatic rings. The SMILES string of the molecule is Cc1nc(-c2ccc(OC(=O)/C=C/c3cnn(-c4ccccc4)c3)cc2)no1. The molecule has 0 fully saturated rings. The van der Waals surface area contributed by atoms with E-state index in [2.05, 4.69) is 15.2 Å². The summed E-state index contributed by atoms with van der Waals surface area (Å²) in [5, 5.41) is 8.13. The zero-order valence-corrected chi connectivity index (χ0v) is 15.0. The topological polar surface area (TPSA) is 83.0 Å². The fraction of sp³-hybridized carbons (Fsp3) is 0.0476. The van der Waals surface area contributed by atoms with Crippen molar-refractivity contribution in [3.8, 4) is 22.8 Å². The van der Waals surface area contributed by atoms with Gasteiger partial charge in [0, 0.05) is 30.3 Å². The summed E-state index contributed by atoms with van der Waals surface area (Å²) in [6, 6.07) is 16.6. The van der Waals surface area contributed by atoms with Crippen molar-refractivity contribution >= 4 is 12.0 Å². The van der Waals surface area contributed by atoms with E-state index in [1.54, 1.807) is 48.1 Å². The van der Waals surface area contributed by atoms with Gasteiger partial charge in [-0.15, -0.1) is 0 Å². The lowest BCUT2D eigenvalue weighted by molar-refractivity contribution is -0.128. The number of aromatic nitrogens is 4. The first kappa shape index (κ1) is 17.4. The van der Waals surface area contributed by atoms with Crippen LogP contribution in [0, 0.1) is 6.92 Å². The molecule has 0 saturated heterocycles. The Morgan fingerprint density at radius 2 is 1.89 bits per heavy atom. The molecule has 2 heterocycles. The lowest BCUT2D eigenvalue weighted by atomic mass is 10.2. The Hall–Kier alpha value is -4.00. The first-order valence-electron chi connectivity index (χ1n) is 8.58. The van der Waals surface area contributed by atoms with E-state index in [1.165, 1.54) is 6.08 Å². The van der Waals surface area contributed by atoms with E-state index in [9.17, 15) is 4.79 Å². The third-order valence-corrected chi connectivity index (χ3v) is 3.89. The summed E-state index contributed by atoms with van der Waals surface area (Å²) in [6.07, 6.45) is 6.54. The normalized spacial score (nSPS) is 11.0. The highest BCUT2D eigenvalue weighted by molar-refractivity contribution is 5.88. The van der Waals surface area contributed by atoms with Crippen molar-refractivity contribution in [3.63, 3.8) is 0 Å². The summed E-state index contributed by atoms with van der Waals surface area (Å²) in [5.74, 6) is 0.936. The van der Waals surface area contributed by atoms with E-state index in [1.807, 2.05) is 36.5 Å². The molecular formula is C21H16N4O3. The second-order valence-corrected chi connectivity index (χ2v) is 5.97. The molecule has 7 heteroatoms. The van der Waals surface area contributed by atoms with Crippen LogP contribution in [0.25, 0.3) is 23.2 Å². The lowest BCUT2D eigenvalue weighted by Gasteiger charge is -2.01. The molecule has 7 nitrogen and oxygen atoms in total. The third-order valence-electron chi connectivity index (χ3n) is 3.89. The Balaban J connectivity index is 1.38. The molecule has 4 rings (SSSR count). The number of carbonyl (C=O) groups is 1. The number of carbonyl (C=O) groups excluding carboxylic acids is 1. The maximum absolute atomic E-state index is 12.0. The average Bonchev–Trinajstić information content (AvgIpc) is 3.37. The molecule has 0 N–H and O–H groups in total.